The fourth-order valence-corrected chi connectivity index (χ4v) is 2.63. The average Bonchev–Trinajstić information content (AvgIpc) is 3.06. The summed E-state index contributed by atoms with van der Waals surface area (Å²) in [5.41, 5.74) is -0.745. The number of carbonyl (C=O) groups is 1. The fourth-order valence-electron chi connectivity index (χ4n) is 2.63. The molecule has 0 unspecified atom stereocenters. The standard InChI is InChI=1S/C19H14F6N4O/c1-11-15(10-28-29(11)16-7-6-14(9-26-16)19(23,24)25)17(30)27-8-12-2-4-13(5-3-12)18(20,21)22/h2-7,9-10H,8H2,1H3,(H,27,30). The molecule has 158 valence electrons. The predicted octanol–water partition coefficient (Wildman–Crippen LogP) is 4.54. The van der Waals surface area contributed by atoms with Crippen molar-refractivity contribution in [1.82, 2.24) is 20.1 Å². The number of hydrogen-bond acceptors (Lipinski definition) is 3. The molecule has 1 amide bonds. The van der Waals surface area contributed by atoms with Crippen LogP contribution < -0.4 is 5.32 Å². The van der Waals surface area contributed by atoms with Crippen molar-refractivity contribution in [2.24, 2.45) is 0 Å². The van der Waals surface area contributed by atoms with E-state index in [1.807, 2.05) is 0 Å². The van der Waals surface area contributed by atoms with Crippen LogP contribution in [0.4, 0.5) is 26.3 Å². The zero-order valence-corrected chi connectivity index (χ0v) is 15.3. The number of rotatable bonds is 4. The number of pyridine rings is 1. The van der Waals surface area contributed by atoms with Gasteiger partial charge >= 0.3 is 12.4 Å². The summed E-state index contributed by atoms with van der Waals surface area (Å²) in [5.74, 6) is -0.437. The molecule has 0 bridgehead atoms. The minimum Gasteiger partial charge on any atom is -0.348 e. The second kappa shape index (κ2) is 7.81. The van der Waals surface area contributed by atoms with E-state index >= 15 is 0 Å². The van der Waals surface area contributed by atoms with Crippen molar-refractivity contribution in [3.05, 3.63) is 76.7 Å². The van der Waals surface area contributed by atoms with E-state index in [2.05, 4.69) is 15.4 Å². The van der Waals surface area contributed by atoms with Gasteiger partial charge in [0.1, 0.15) is 0 Å². The summed E-state index contributed by atoms with van der Waals surface area (Å²) in [5, 5.41) is 6.54. The number of carbonyl (C=O) groups excluding carboxylic acids is 1. The largest absolute Gasteiger partial charge is 0.417 e. The molecule has 0 saturated carbocycles. The lowest BCUT2D eigenvalue weighted by Gasteiger charge is -2.09. The van der Waals surface area contributed by atoms with Crippen molar-refractivity contribution in [3.63, 3.8) is 0 Å². The second-order valence-electron chi connectivity index (χ2n) is 6.34. The van der Waals surface area contributed by atoms with Crippen LogP contribution in [0.15, 0.2) is 48.8 Å². The maximum absolute atomic E-state index is 12.6. The molecule has 11 heteroatoms. The minimum absolute atomic E-state index is 0.0138. The van der Waals surface area contributed by atoms with E-state index in [4.69, 9.17) is 0 Å². The van der Waals surface area contributed by atoms with E-state index in [1.54, 1.807) is 6.92 Å². The van der Waals surface area contributed by atoms with E-state index in [-0.39, 0.29) is 17.9 Å². The van der Waals surface area contributed by atoms with Crippen molar-refractivity contribution in [1.29, 1.82) is 0 Å². The Morgan fingerprint density at radius 2 is 1.53 bits per heavy atom. The van der Waals surface area contributed by atoms with E-state index in [0.717, 1.165) is 24.3 Å². The molecular formula is C19H14F6N4O. The van der Waals surface area contributed by atoms with Crippen molar-refractivity contribution in [2.75, 3.05) is 0 Å². The molecule has 1 N–H and O–H groups in total. The van der Waals surface area contributed by atoms with Crippen molar-refractivity contribution >= 4 is 5.91 Å². The molecule has 0 fully saturated rings. The minimum atomic E-state index is -4.52. The highest BCUT2D eigenvalue weighted by molar-refractivity contribution is 5.95. The number of halogens is 6. The van der Waals surface area contributed by atoms with Crippen LogP contribution >= 0.6 is 0 Å². The van der Waals surface area contributed by atoms with Crippen molar-refractivity contribution in [3.8, 4) is 5.82 Å². The molecule has 3 aromatic rings. The zero-order chi connectivity index (χ0) is 22.1. The summed E-state index contributed by atoms with van der Waals surface area (Å²) in [6.07, 6.45) is -7.06. The summed E-state index contributed by atoms with van der Waals surface area (Å²) >= 11 is 0. The summed E-state index contributed by atoms with van der Waals surface area (Å²) in [6.45, 7) is 1.53. The number of nitrogens with one attached hydrogen (secondary N) is 1. The quantitative estimate of drug-likeness (QED) is 0.621. The smallest absolute Gasteiger partial charge is 0.348 e. The fraction of sp³-hybridized carbons (Fsp3) is 0.211. The van der Waals surface area contributed by atoms with Gasteiger partial charge in [-0.1, -0.05) is 12.1 Å². The third-order valence-electron chi connectivity index (χ3n) is 4.28. The molecule has 0 saturated heterocycles. The number of nitrogens with zero attached hydrogens (tertiary/aromatic N) is 3. The lowest BCUT2D eigenvalue weighted by Crippen LogP contribution is -2.23. The molecule has 0 aliphatic carbocycles. The van der Waals surface area contributed by atoms with Crippen LogP contribution in [0.2, 0.25) is 0 Å². The molecule has 30 heavy (non-hydrogen) atoms. The highest BCUT2D eigenvalue weighted by Crippen LogP contribution is 2.30. The normalized spacial score (nSPS) is 12.1. The molecule has 5 nitrogen and oxygen atoms in total. The number of alkyl halides is 6. The Labute approximate surface area is 166 Å². The summed E-state index contributed by atoms with van der Waals surface area (Å²) in [4.78, 5) is 16.1. The van der Waals surface area contributed by atoms with Gasteiger partial charge in [-0.15, -0.1) is 0 Å². The highest BCUT2D eigenvalue weighted by Gasteiger charge is 2.31. The monoisotopic (exact) mass is 428 g/mol. The first-order valence-corrected chi connectivity index (χ1v) is 8.49. The van der Waals surface area contributed by atoms with Gasteiger partial charge in [-0.25, -0.2) is 9.67 Å². The molecule has 0 radical (unpaired) electrons. The Bertz CT molecular complexity index is 1040. The molecular weight excluding hydrogens is 414 g/mol. The van der Waals surface area contributed by atoms with Crippen LogP contribution in [-0.2, 0) is 18.9 Å². The lowest BCUT2D eigenvalue weighted by atomic mass is 10.1. The Morgan fingerprint density at radius 1 is 0.933 bits per heavy atom. The number of benzene rings is 1. The number of aromatic nitrogens is 3. The summed E-state index contributed by atoms with van der Waals surface area (Å²) in [6, 6.07) is 6.33. The van der Waals surface area contributed by atoms with E-state index in [1.165, 1.54) is 23.0 Å². The summed E-state index contributed by atoms with van der Waals surface area (Å²) < 4.78 is 76.9. The Kier molecular flexibility index (Phi) is 5.55. The van der Waals surface area contributed by atoms with Crippen LogP contribution in [-0.4, -0.2) is 20.7 Å². The number of hydrogen-bond donors (Lipinski definition) is 1. The Balaban J connectivity index is 1.70. The topological polar surface area (TPSA) is 59.8 Å². The van der Waals surface area contributed by atoms with Crippen LogP contribution in [0.5, 0.6) is 0 Å². The SMILES string of the molecule is Cc1c(C(=O)NCc2ccc(C(F)(F)F)cc2)cnn1-c1ccc(C(F)(F)F)cn1. The van der Waals surface area contributed by atoms with E-state index < -0.39 is 29.4 Å². The van der Waals surface area contributed by atoms with E-state index in [9.17, 15) is 31.1 Å². The van der Waals surface area contributed by atoms with E-state index in [0.29, 0.717) is 17.5 Å². The van der Waals surface area contributed by atoms with Crippen LogP contribution in [0.3, 0.4) is 0 Å². The molecule has 0 aliphatic rings. The molecule has 2 heterocycles. The maximum atomic E-state index is 12.6. The maximum Gasteiger partial charge on any atom is 0.417 e. The lowest BCUT2D eigenvalue weighted by molar-refractivity contribution is -0.138. The molecule has 0 aliphatic heterocycles. The third kappa shape index (κ3) is 4.61. The first-order chi connectivity index (χ1) is 14.0. The van der Waals surface area contributed by atoms with Gasteiger partial charge in [0.2, 0.25) is 0 Å². The van der Waals surface area contributed by atoms with Gasteiger partial charge in [0.05, 0.1) is 28.6 Å². The van der Waals surface area contributed by atoms with Gasteiger partial charge in [-0.3, -0.25) is 4.79 Å². The van der Waals surface area contributed by atoms with Gasteiger partial charge in [-0.2, -0.15) is 31.4 Å². The van der Waals surface area contributed by atoms with Crippen LogP contribution in [0.25, 0.3) is 5.82 Å². The molecule has 2 aromatic heterocycles. The second-order valence-corrected chi connectivity index (χ2v) is 6.34. The molecule has 1 aromatic carbocycles. The van der Waals surface area contributed by atoms with Crippen LogP contribution in [0.1, 0.15) is 32.7 Å². The van der Waals surface area contributed by atoms with Gasteiger partial charge in [0, 0.05) is 12.7 Å². The number of amides is 1. The molecule has 3 rings (SSSR count). The first-order valence-electron chi connectivity index (χ1n) is 8.49. The van der Waals surface area contributed by atoms with Crippen molar-refractivity contribution < 1.29 is 31.1 Å². The van der Waals surface area contributed by atoms with Gasteiger partial charge < -0.3 is 5.32 Å². The van der Waals surface area contributed by atoms with Gasteiger partial charge in [0.15, 0.2) is 5.82 Å². The van der Waals surface area contributed by atoms with Crippen LogP contribution in [0, 0.1) is 6.92 Å². The third-order valence-corrected chi connectivity index (χ3v) is 4.28. The highest BCUT2D eigenvalue weighted by atomic mass is 19.4. The Morgan fingerprint density at radius 3 is 2.07 bits per heavy atom. The summed E-state index contributed by atoms with van der Waals surface area (Å²) in [7, 11) is 0. The van der Waals surface area contributed by atoms with Crippen molar-refractivity contribution in [2.45, 2.75) is 25.8 Å². The average molecular weight is 428 g/mol. The predicted molar refractivity (Wildman–Crippen MR) is 93.7 cm³/mol. The Hall–Kier alpha value is -3.37. The van der Waals surface area contributed by atoms with Gasteiger partial charge in [-0.05, 0) is 36.8 Å². The molecule has 0 spiro atoms. The zero-order valence-electron chi connectivity index (χ0n) is 15.3. The first kappa shape index (κ1) is 21.3. The molecule has 0 atom stereocenters. The van der Waals surface area contributed by atoms with Gasteiger partial charge in [0.25, 0.3) is 5.91 Å².